The van der Waals surface area contributed by atoms with Crippen LogP contribution in [-0.4, -0.2) is 36.1 Å². The number of benzene rings is 3. The van der Waals surface area contributed by atoms with Gasteiger partial charge in [-0.15, -0.1) is 15.3 Å². The maximum atomic E-state index is 13.4. The Morgan fingerprint density at radius 2 is 1.89 bits per heavy atom. The molecule has 0 aliphatic carbocycles. The second-order valence-corrected chi connectivity index (χ2v) is 7.82. The van der Waals surface area contributed by atoms with Gasteiger partial charge in [-0.1, -0.05) is 53.2 Å². The third kappa shape index (κ3) is 5.20. The zero-order chi connectivity index (χ0) is 24.9. The van der Waals surface area contributed by atoms with Gasteiger partial charge in [0.2, 0.25) is 11.7 Å². The highest BCUT2D eigenvalue weighted by atomic mass is 35.5. The molecule has 0 unspecified atom stereocenters. The van der Waals surface area contributed by atoms with Crippen molar-refractivity contribution in [2.24, 2.45) is 12.2 Å². The number of rotatable bonds is 8. The molecule has 180 valence electrons. The van der Waals surface area contributed by atoms with Crippen molar-refractivity contribution >= 4 is 17.3 Å². The first-order valence-corrected chi connectivity index (χ1v) is 11.0. The molecule has 3 aromatic carbocycles. The van der Waals surface area contributed by atoms with Crippen molar-refractivity contribution in [1.29, 1.82) is 0 Å². The molecular formula is C24H17ClFN7O3. The fraction of sp³-hybridized carbons (Fsp3) is 0.0833. The monoisotopic (exact) mass is 505 g/mol. The molecule has 0 saturated carbocycles. The van der Waals surface area contributed by atoms with Crippen LogP contribution >= 0.6 is 11.6 Å². The quantitative estimate of drug-likeness (QED) is 0.218. The van der Waals surface area contributed by atoms with E-state index >= 15 is 0 Å². The molecule has 36 heavy (non-hydrogen) atoms. The van der Waals surface area contributed by atoms with E-state index in [1.807, 2.05) is 30.3 Å². The Kier molecular flexibility index (Phi) is 6.63. The summed E-state index contributed by atoms with van der Waals surface area (Å²) in [6.45, 7) is -0.0802. The highest BCUT2D eigenvalue weighted by Gasteiger charge is 2.16. The number of tetrazole rings is 1. The van der Waals surface area contributed by atoms with Crippen LogP contribution in [0.5, 0.6) is 11.5 Å². The summed E-state index contributed by atoms with van der Waals surface area (Å²) >= 11 is 6.34. The molecule has 0 fully saturated rings. The van der Waals surface area contributed by atoms with Crippen LogP contribution in [0.4, 0.5) is 4.39 Å². The third-order valence-corrected chi connectivity index (χ3v) is 5.19. The van der Waals surface area contributed by atoms with Crippen LogP contribution in [0.1, 0.15) is 17.3 Å². The molecule has 5 aromatic rings. The summed E-state index contributed by atoms with van der Waals surface area (Å²) in [5, 5.41) is 24.1. The number of aromatic nitrogens is 6. The van der Waals surface area contributed by atoms with E-state index in [9.17, 15) is 4.39 Å². The Labute approximate surface area is 208 Å². The molecular weight excluding hydrogens is 489 g/mol. The molecule has 0 radical (unpaired) electrons. The lowest BCUT2D eigenvalue weighted by Gasteiger charge is -2.08. The van der Waals surface area contributed by atoms with Crippen LogP contribution < -0.4 is 4.74 Å². The molecule has 12 heteroatoms. The lowest BCUT2D eigenvalue weighted by molar-refractivity contribution is 0.111. The van der Waals surface area contributed by atoms with Gasteiger partial charge in [-0.25, -0.2) is 9.07 Å². The molecule has 0 spiro atoms. The van der Waals surface area contributed by atoms with Crippen molar-refractivity contribution in [3.8, 4) is 23.0 Å². The first kappa shape index (κ1) is 23.1. The van der Waals surface area contributed by atoms with Gasteiger partial charge in [0.15, 0.2) is 12.3 Å². The highest BCUT2D eigenvalue weighted by molar-refractivity contribution is 6.32. The van der Waals surface area contributed by atoms with E-state index < -0.39 is 5.82 Å². The summed E-state index contributed by atoms with van der Waals surface area (Å²) in [5.74, 6) is 1.15. The molecule has 0 saturated heterocycles. The SMILES string of the molecule is Cn1nnnc1/C(=N\OCc1nnc(-c2ccc(Oc3cccc(F)c3)c(Cl)c2)o1)c1ccccc1. The van der Waals surface area contributed by atoms with Crippen LogP contribution in [0.15, 0.2) is 82.4 Å². The van der Waals surface area contributed by atoms with Crippen LogP contribution in [0.3, 0.4) is 0 Å². The summed E-state index contributed by atoms with van der Waals surface area (Å²) < 4.78 is 26.2. The van der Waals surface area contributed by atoms with Crippen molar-refractivity contribution in [3.63, 3.8) is 0 Å². The number of oxime groups is 1. The number of halogens is 2. The molecule has 0 bridgehead atoms. The maximum absolute atomic E-state index is 13.4. The first-order valence-electron chi connectivity index (χ1n) is 10.6. The summed E-state index contributed by atoms with van der Waals surface area (Å²) in [6, 6.07) is 20.1. The zero-order valence-electron chi connectivity index (χ0n) is 18.7. The van der Waals surface area contributed by atoms with Gasteiger partial charge in [0.25, 0.3) is 5.89 Å². The maximum Gasteiger partial charge on any atom is 0.257 e. The average molecular weight is 506 g/mol. The standard InChI is InChI=1S/C24H17ClFN7O3/c1-33-23(28-31-32-33)22(15-6-3-2-4-7-15)30-34-14-21-27-29-24(36-21)16-10-11-20(19(25)12-16)35-18-9-5-8-17(26)13-18/h2-13H,14H2,1H3/b30-22-. The van der Waals surface area contributed by atoms with E-state index in [4.69, 9.17) is 25.6 Å². The number of hydrogen-bond acceptors (Lipinski definition) is 9. The van der Waals surface area contributed by atoms with Crippen molar-refractivity contribution in [3.05, 3.63) is 101 Å². The van der Waals surface area contributed by atoms with Crippen molar-refractivity contribution in [1.82, 2.24) is 30.4 Å². The molecule has 10 nitrogen and oxygen atoms in total. The van der Waals surface area contributed by atoms with Crippen molar-refractivity contribution in [2.75, 3.05) is 0 Å². The first-order chi connectivity index (χ1) is 17.6. The molecule has 0 aliphatic rings. The topological polar surface area (TPSA) is 113 Å². The van der Waals surface area contributed by atoms with Crippen molar-refractivity contribution in [2.45, 2.75) is 6.61 Å². The lowest BCUT2D eigenvalue weighted by Crippen LogP contribution is -2.12. The largest absolute Gasteiger partial charge is 0.456 e. The second kappa shape index (κ2) is 10.3. The Morgan fingerprint density at radius 3 is 2.64 bits per heavy atom. The van der Waals surface area contributed by atoms with E-state index in [1.54, 1.807) is 37.4 Å². The third-order valence-electron chi connectivity index (χ3n) is 4.89. The van der Waals surface area contributed by atoms with Gasteiger partial charge in [0.1, 0.15) is 17.3 Å². The lowest BCUT2D eigenvalue weighted by atomic mass is 10.1. The van der Waals surface area contributed by atoms with Crippen molar-refractivity contribution < 1.29 is 18.4 Å². The predicted octanol–water partition coefficient (Wildman–Crippen LogP) is 4.81. The predicted molar refractivity (Wildman–Crippen MR) is 127 cm³/mol. The summed E-state index contributed by atoms with van der Waals surface area (Å²) in [5.41, 5.74) is 1.80. The Hall–Kier alpha value is -4.64. The van der Waals surface area contributed by atoms with Gasteiger partial charge >= 0.3 is 0 Å². The molecule has 0 amide bonds. The Morgan fingerprint density at radius 1 is 1.03 bits per heavy atom. The van der Waals surface area contributed by atoms with Crippen LogP contribution in [0.25, 0.3) is 11.5 Å². The van der Waals surface area contributed by atoms with Crippen LogP contribution in [0.2, 0.25) is 5.02 Å². The molecule has 5 rings (SSSR count). The summed E-state index contributed by atoms with van der Waals surface area (Å²) in [4.78, 5) is 5.49. The minimum atomic E-state index is -0.408. The fourth-order valence-corrected chi connectivity index (χ4v) is 3.42. The molecule has 2 heterocycles. The van der Waals surface area contributed by atoms with E-state index in [1.165, 1.54) is 16.8 Å². The number of ether oxygens (including phenoxy) is 1. The number of nitrogens with zero attached hydrogens (tertiary/aromatic N) is 7. The molecule has 0 aliphatic heterocycles. The van der Waals surface area contributed by atoms with Crippen LogP contribution in [0, 0.1) is 5.82 Å². The van der Waals surface area contributed by atoms with Gasteiger partial charge in [-0.3, -0.25) is 0 Å². The minimum absolute atomic E-state index is 0.0802. The van der Waals surface area contributed by atoms with Gasteiger partial charge in [0, 0.05) is 24.2 Å². The minimum Gasteiger partial charge on any atom is -0.456 e. The van der Waals surface area contributed by atoms with Gasteiger partial charge in [0.05, 0.1) is 5.02 Å². The Bertz CT molecular complexity index is 1520. The van der Waals surface area contributed by atoms with E-state index in [2.05, 4.69) is 30.9 Å². The van der Waals surface area contributed by atoms with E-state index in [0.29, 0.717) is 33.6 Å². The fourth-order valence-electron chi connectivity index (χ4n) is 3.20. The summed E-state index contributed by atoms with van der Waals surface area (Å²) in [6.07, 6.45) is 0. The average Bonchev–Trinajstić information content (AvgIpc) is 3.53. The van der Waals surface area contributed by atoms with Crippen LogP contribution in [-0.2, 0) is 18.5 Å². The molecule has 0 atom stereocenters. The van der Waals surface area contributed by atoms with Gasteiger partial charge in [-0.2, -0.15) is 0 Å². The number of hydrogen-bond donors (Lipinski definition) is 0. The molecule has 0 N–H and O–H groups in total. The smallest absolute Gasteiger partial charge is 0.257 e. The second-order valence-electron chi connectivity index (χ2n) is 7.41. The molecule has 2 aromatic heterocycles. The Balaban J connectivity index is 1.29. The highest BCUT2D eigenvalue weighted by Crippen LogP contribution is 2.33. The summed E-state index contributed by atoms with van der Waals surface area (Å²) in [7, 11) is 1.71. The van der Waals surface area contributed by atoms with Gasteiger partial charge in [-0.05, 0) is 40.8 Å². The number of aryl methyl sites for hydroxylation is 1. The van der Waals surface area contributed by atoms with E-state index in [-0.39, 0.29) is 18.4 Å². The van der Waals surface area contributed by atoms with E-state index in [0.717, 1.165) is 5.56 Å². The zero-order valence-corrected chi connectivity index (χ0v) is 19.5. The normalized spacial score (nSPS) is 11.5. The van der Waals surface area contributed by atoms with Gasteiger partial charge < -0.3 is 14.0 Å².